The number of ether oxygens (including phenoxy) is 1. The summed E-state index contributed by atoms with van der Waals surface area (Å²) in [6, 6.07) is 0.434. The summed E-state index contributed by atoms with van der Waals surface area (Å²) in [5.74, 6) is 0.550. The molecular formula is C16H35NO3Si. The first-order valence-corrected chi connectivity index (χ1v) is 11.1. The summed E-state index contributed by atoms with van der Waals surface area (Å²) in [4.78, 5) is 0. The summed E-state index contributed by atoms with van der Waals surface area (Å²) in [6.07, 6.45) is 4.11. The lowest BCUT2D eigenvalue weighted by molar-refractivity contribution is 0.00244. The summed E-state index contributed by atoms with van der Waals surface area (Å²) >= 11 is 0. The zero-order chi connectivity index (χ0) is 16.1. The number of aliphatic hydroxyl groups excluding tert-OH is 1. The minimum absolute atomic E-state index is 0.121. The van der Waals surface area contributed by atoms with Crippen molar-refractivity contribution in [2.75, 3.05) is 20.3 Å². The zero-order valence-corrected chi connectivity index (χ0v) is 15.7. The Hall–Kier alpha value is 0.0569. The maximum atomic E-state index is 9.01. The Morgan fingerprint density at radius 2 is 1.90 bits per heavy atom. The van der Waals surface area contributed by atoms with Gasteiger partial charge in [-0.05, 0) is 49.7 Å². The standard InChI is InChI=1S/C16H35NO3Si/c1-16(2,3)21(5,6)20-12-13-10-14(8-7-9-18)17-15(11-13)19-4/h13-15,17-18H,7-12H2,1-6H3. The minimum Gasteiger partial charge on any atom is -0.417 e. The van der Waals surface area contributed by atoms with Crippen molar-refractivity contribution >= 4 is 8.32 Å². The van der Waals surface area contributed by atoms with Crippen LogP contribution in [0.4, 0.5) is 0 Å². The van der Waals surface area contributed by atoms with E-state index in [2.05, 4.69) is 39.2 Å². The molecule has 1 aliphatic rings. The quantitative estimate of drug-likeness (QED) is 0.708. The fourth-order valence-corrected chi connectivity index (χ4v) is 3.67. The summed E-state index contributed by atoms with van der Waals surface area (Å²) in [7, 11) is 0.0921. The Kier molecular flexibility index (Phi) is 7.33. The highest BCUT2D eigenvalue weighted by molar-refractivity contribution is 6.74. The van der Waals surface area contributed by atoms with Crippen LogP contribution in [0, 0.1) is 5.92 Å². The average Bonchev–Trinajstić information content (AvgIpc) is 2.41. The number of hydrogen-bond donors (Lipinski definition) is 2. The molecule has 0 spiro atoms. The molecule has 0 aromatic heterocycles. The van der Waals surface area contributed by atoms with E-state index in [1.165, 1.54) is 0 Å². The van der Waals surface area contributed by atoms with E-state index in [-0.39, 0.29) is 17.9 Å². The summed E-state index contributed by atoms with van der Waals surface area (Å²) < 4.78 is 11.9. The Balaban J connectivity index is 2.52. The van der Waals surface area contributed by atoms with Crippen LogP contribution in [0.25, 0.3) is 0 Å². The minimum atomic E-state index is -1.67. The van der Waals surface area contributed by atoms with Crippen molar-refractivity contribution in [2.24, 2.45) is 5.92 Å². The van der Waals surface area contributed by atoms with Crippen molar-refractivity contribution in [1.82, 2.24) is 5.32 Å². The van der Waals surface area contributed by atoms with Gasteiger partial charge in [-0.15, -0.1) is 0 Å². The molecule has 0 aromatic rings. The second kappa shape index (κ2) is 8.06. The molecule has 0 radical (unpaired) electrons. The molecule has 1 heterocycles. The number of piperidine rings is 1. The van der Waals surface area contributed by atoms with E-state index in [4.69, 9.17) is 14.3 Å². The Bertz CT molecular complexity index is 304. The third kappa shape index (κ3) is 5.98. The van der Waals surface area contributed by atoms with Crippen LogP contribution in [0.3, 0.4) is 0 Å². The molecule has 0 saturated carbocycles. The van der Waals surface area contributed by atoms with E-state index in [9.17, 15) is 0 Å². The van der Waals surface area contributed by atoms with Crippen molar-refractivity contribution in [3.05, 3.63) is 0 Å². The lowest BCUT2D eigenvalue weighted by Crippen LogP contribution is -2.49. The van der Waals surface area contributed by atoms with Gasteiger partial charge in [0.05, 0.1) is 0 Å². The van der Waals surface area contributed by atoms with E-state index in [1.807, 2.05) is 0 Å². The van der Waals surface area contributed by atoms with Gasteiger partial charge in [0.1, 0.15) is 6.23 Å². The van der Waals surface area contributed by atoms with Crippen LogP contribution in [0.5, 0.6) is 0 Å². The molecule has 0 bridgehead atoms. The molecule has 1 saturated heterocycles. The molecule has 0 aromatic carbocycles. The van der Waals surface area contributed by atoms with Gasteiger partial charge in [-0.1, -0.05) is 20.8 Å². The molecule has 126 valence electrons. The van der Waals surface area contributed by atoms with Crippen molar-refractivity contribution in [3.8, 4) is 0 Å². The van der Waals surface area contributed by atoms with Gasteiger partial charge in [-0.3, -0.25) is 5.32 Å². The van der Waals surface area contributed by atoms with Crippen LogP contribution < -0.4 is 5.32 Å². The molecule has 4 nitrogen and oxygen atoms in total. The van der Waals surface area contributed by atoms with Gasteiger partial charge < -0.3 is 14.3 Å². The van der Waals surface area contributed by atoms with Crippen LogP contribution in [0.1, 0.15) is 46.5 Å². The van der Waals surface area contributed by atoms with Gasteiger partial charge in [0.25, 0.3) is 0 Å². The third-order valence-corrected chi connectivity index (χ3v) is 9.57. The number of methoxy groups -OCH3 is 1. The highest BCUT2D eigenvalue weighted by Crippen LogP contribution is 2.37. The van der Waals surface area contributed by atoms with E-state index in [0.29, 0.717) is 12.0 Å². The van der Waals surface area contributed by atoms with E-state index >= 15 is 0 Å². The summed E-state index contributed by atoms with van der Waals surface area (Å²) in [5, 5.41) is 12.8. The molecule has 1 fully saturated rings. The van der Waals surface area contributed by atoms with Crippen molar-refractivity contribution in [3.63, 3.8) is 0 Å². The summed E-state index contributed by atoms with van der Waals surface area (Å²) in [5.41, 5.74) is 0. The molecule has 0 aliphatic carbocycles. The molecule has 3 unspecified atom stereocenters. The van der Waals surface area contributed by atoms with Crippen molar-refractivity contribution < 1.29 is 14.3 Å². The first-order chi connectivity index (χ1) is 9.69. The molecule has 5 heteroatoms. The lowest BCUT2D eigenvalue weighted by Gasteiger charge is -2.40. The number of hydrogen-bond acceptors (Lipinski definition) is 4. The van der Waals surface area contributed by atoms with Crippen LogP contribution in [0.2, 0.25) is 18.1 Å². The van der Waals surface area contributed by atoms with Crippen LogP contribution >= 0.6 is 0 Å². The fraction of sp³-hybridized carbons (Fsp3) is 1.00. The molecular weight excluding hydrogens is 282 g/mol. The first kappa shape index (κ1) is 19.1. The number of nitrogens with one attached hydrogen (secondary N) is 1. The van der Waals surface area contributed by atoms with Crippen molar-refractivity contribution in [2.45, 2.75) is 76.9 Å². The maximum absolute atomic E-state index is 9.01. The Morgan fingerprint density at radius 3 is 2.43 bits per heavy atom. The first-order valence-electron chi connectivity index (χ1n) is 8.23. The maximum Gasteiger partial charge on any atom is 0.191 e. The fourth-order valence-electron chi connectivity index (χ4n) is 2.58. The van der Waals surface area contributed by atoms with Crippen LogP contribution in [-0.2, 0) is 9.16 Å². The highest BCUT2D eigenvalue weighted by Gasteiger charge is 2.38. The molecule has 3 atom stereocenters. The third-order valence-electron chi connectivity index (χ3n) is 5.07. The largest absolute Gasteiger partial charge is 0.417 e. The van der Waals surface area contributed by atoms with Crippen LogP contribution in [-0.4, -0.2) is 46.0 Å². The highest BCUT2D eigenvalue weighted by atomic mass is 28.4. The van der Waals surface area contributed by atoms with Gasteiger partial charge in [-0.25, -0.2) is 0 Å². The molecule has 0 amide bonds. The second-order valence-electron chi connectivity index (χ2n) is 7.86. The Labute approximate surface area is 131 Å². The topological polar surface area (TPSA) is 50.7 Å². The molecule has 1 rings (SSSR count). The van der Waals surface area contributed by atoms with Crippen molar-refractivity contribution in [1.29, 1.82) is 0 Å². The monoisotopic (exact) mass is 317 g/mol. The van der Waals surface area contributed by atoms with E-state index in [0.717, 1.165) is 32.3 Å². The molecule has 2 N–H and O–H groups in total. The van der Waals surface area contributed by atoms with Gasteiger partial charge >= 0.3 is 0 Å². The average molecular weight is 318 g/mol. The van der Waals surface area contributed by atoms with Gasteiger partial charge in [-0.2, -0.15) is 0 Å². The molecule has 1 aliphatic heterocycles. The normalized spacial score (nSPS) is 27.9. The van der Waals surface area contributed by atoms with E-state index < -0.39 is 8.32 Å². The van der Waals surface area contributed by atoms with Crippen LogP contribution in [0.15, 0.2) is 0 Å². The van der Waals surface area contributed by atoms with Gasteiger partial charge in [0.15, 0.2) is 8.32 Å². The predicted octanol–water partition coefficient (Wildman–Crippen LogP) is 3.12. The summed E-state index contributed by atoms with van der Waals surface area (Å²) in [6.45, 7) is 12.6. The zero-order valence-electron chi connectivity index (χ0n) is 14.7. The van der Waals surface area contributed by atoms with Gasteiger partial charge in [0.2, 0.25) is 0 Å². The second-order valence-corrected chi connectivity index (χ2v) is 12.7. The SMILES string of the molecule is COC1CC(CO[Si](C)(C)C(C)(C)C)CC(CCCO)N1. The number of aliphatic hydroxyl groups is 1. The Morgan fingerprint density at radius 1 is 1.24 bits per heavy atom. The lowest BCUT2D eigenvalue weighted by atomic mass is 9.90. The predicted molar refractivity (Wildman–Crippen MR) is 89.9 cm³/mol. The molecule has 21 heavy (non-hydrogen) atoms. The number of rotatable bonds is 7. The van der Waals surface area contributed by atoms with E-state index in [1.54, 1.807) is 7.11 Å². The van der Waals surface area contributed by atoms with Gasteiger partial charge in [0, 0.05) is 26.4 Å². The smallest absolute Gasteiger partial charge is 0.191 e.